The van der Waals surface area contributed by atoms with Gasteiger partial charge in [-0.05, 0) is 24.6 Å². The summed E-state index contributed by atoms with van der Waals surface area (Å²) in [5.74, 6) is 0.939. The maximum Gasteiger partial charge on any atom is 0.289 e. The lowest BCUT2D eigenvalue weighted by Crippen LogP contribution is -2.25. The van der Waals surface area contributed by atoms with Crippen LogP contribution < -0.4 is 0 Å². The molecule has 0 unspecified atom stereocenters. The van der Waals surface area contributed by atoms with Gasteiger partial charge in [0.1, 0.15) is 6.54 Å². The first kappa shape index (κ1) is 14.1. The first-order valence-electron chi connectivity index (χ1n) is 6.82. The topological polar surface area (TPSA) is 72.4 Å². The molecule has 0 radical (unpaired) electrons. The Balaban J connectivity index is 1.75. The molecule has 0 saturated heterocycles. The van der Waals surface area contributed by atoms with E-state index in [0.29, 0.717) is 11.7 Å². The Morgan fingerprint density at radius 2 is 2.05 bits per heavy atom. The molecule has 0 spiro atoms. The molecule has 112 valence electrons. The van der Waals surface area contributed by atoms with Gasteiger partial charge in [0.15, 0.2) is 5.76 Å². The van der Waals surface area contributed by atoms with E-state index in [2.05, 4.69) is 10.1 Å². The SMILES string of the molecule is Cc1ccccc1-c1noc(CN(C)C(=O)c2ccco2)n1. The Morgan fingerprint density at radius 3 is 2.77 bits per heavy atom. The van der Waals surface area contributed by atoms with Gasteiger partial charge in [-0.3, -0.25) is 4.79 Å². The van der Waals surface area contributed by atoms with Crippen molar-refractivity contribution in [2.24, 2.45) is 0 Å². The minimum Gasteiger partial charge on any atom is -0.459 e. The summed E-state index contributed by atoms with van der Waals surface area (Å²) in [6.07, 6.45) is 1.46. The van der Waals surface area contributed by atoms with Crippen LogP contribution in [0, 0.1) is 6.92 Å². The minimum absolute atomic E-state index is 0.221. The van der Waals surface area contributed by atoms with Crippen LogP contribution >= 0.6 is 0 Å². The second-order valence-corrected chi connectivity index (χ2v) is 4.97. The number of rotatable bonds is 4. The van der Waals surface area contributed by atoms with Crippen LogP contribution in [0.15, 0.2) is 51.6 Å². The van der Waals surface area contributed by atoms with Crippen molar-refractivity contribution < 1.29 is 13.7 Å². The van der Waals surface area contributed by atoms with Crippen molar-refractivity contribution in [2.75, 3.05) is 7.05 Å². The van der Waals surface area contributed by atoms with Crippen LogP contribution in [0.1, 0.15) is 22.0 Å². The van der Waals surface area contributed by atoms with Crippen LogP contribution in [0.3, 0.4) is 0 Å². The number of furan rings is 1. The third-order valence-electron chi connectivity index (χ3n) is 3.31. The molecule has 22 heavy (non-hydrogen) atoms. The van der Waals surface area contributed by atoms with Gasteiger partial charge in [0.05, 0.1) is 6.26 Å². The Kier molecular flexibility index (Phi) is 3.74. The maximum absolute atomic E-state index is 12.1. The fourth-order valence-electron chi connectivity index (χ4n) is 2.12. The van der Waals surface area contributed by atoms with Crippen molar-refractivity contribution in [3.05, 3.63) is 59.9 Å². The number of aromatic nitrogens is 2. The molecule has 6 nitrogen and oxygen atoms in total. The van der Waals surface area contributed by atoms with E-state index in [1.54, 1.807) is 19.2 Å². The van der Waals surface area contributed by atoms with E-state index < -0.39 is 0 Å². The van der Waals surface area contributed by atoms with Crippen LogP contribution in [0.4, 0.5) is 0 Å². The van der Waals surface area contributed by atoms with Gasteiger partial charge < -0.3 is 13.8 Å². The molecular weight excluding hydrogens is 282 g/mol. The van der Waals surface area contributed by atoms with Gasteiger partial charge in [-0.2, -0.15) is 4.98 Å². The quantitative estimate of drug-likeness (QED) is 0.740. The van der Waals surface area contributed by atoms with E-state index in [1.165, 1.54) is 11.2 Å². The molecule has 0 atom stereocenters. The van der Waals surface area contributed by atoms with Gasteiger partial charge in [-0.25, -0.2) is 0 Å². The van der Waals surface area contributed by atoms with Gasteiger partial charge in [0.2, 0.25) is 11.7 Å². The van der Waals surface area contributed by atoms with Crippen molar-refractivity contribution in [3.8, 4) is 11.4 Å². The van der Waals surface area contributed by atoms with E-state index in [9.17, 15) is 4.79 Å². The first-order valence-corrected chi connectivity index (χ1v) is 6.82. The van der Waals surface area contributed by atoms with Gasteiger partial charge >= 0.3 is 0 Å². The molecule has 0 aliphatic rings. The molecule has 0 saturated carbocycles. The average Bonchev–Trinajstić information content (AvgIpc) is 3.18. The van der Waals surface area contributed by atoms with Crippen LogP contribution in [0.25, 0.3) is 11.4 Å². The predicted octanol–water partition coefficient (Wildman–Crippen LogP) is 2.91. The Hall–Kier alpha value is -2.89. The van der Waals surface area contributed by atoms with E-state index in [4.69, 9.17) is 8.94 Å². The van der Waals surface area contributed by atoms with E-state index in [-0.39, 0.29) is 18.2 Å². The van der Waals surface area contributed by atoms with E-state index >= 15 is 0 Å². The van der Waals surface area contributed by atoms with Crippen molar-refractivity contribution in [1.82, 2.24) is 15.0 Å². The molecule has 0 fully saturated rings. The highest BCUT2D eigenvalue weighted by Gasteiger charge is 2.18. The second-order valence-electron chi connectivity index (χ2n) is 4.97. The normalized spacial score (nSPS) is 10.6. The van der Waals surface area contributed by atoms with Crippen molar-refractivity contribution in [1.29, 1.82) is 0 Å². The molecule has 2 heterocycles. The highest BCUT2D eigenvalue weighted by molar-refractivity contribution is 5.91. The first-order chi connectivity index (χ1) is 10.6. The lowest BCUT2D eigenvalue weighted by Gasteiger charge is -2.12. The summed E-state index contributed by atoms with van der Waals surface area (Å²) in [6, 6.07) is 11.1. The number of carbonyl (C=O) groups is 1. The average molecular weight is 297 g/mol. The summed E-state index contributed by atoms with van der Waals surface area (Å²) in [5.41, 5.74) is 1.98. The van der Waals surface area contributed by atoms with Crippen molar-refractivity contribution in [2.45, 2.75) is 13.5 Å². The zero-order valence-electron chi connectivity index (χ0n) is 12.3. The Labute approximate surface area is 127 Å². The highest BCUT2D eigenvalue weighted by Crippen LogP contribution is 2.20. The van der Waals surface area contributed by atoms with Crippen LogP contribution in [-0.2, 0) is 6.54 Å². The highest BCUT2D eigenvalue weighted by atomic mass is 16.5. The van der Waals surface area contributed by atoms with Crippen LogP contribution in [-0.4, -0.2) is 28.0 Å². The fourth-order valence-corrected chi connectivity index (χ4v) is 2.12. The smallest absolute Gasteiger partial charge is 0.289 e. The number of aryl methyl sites for hydroxylation is 1. The van der Waals surface area contributed by atoms with Crippen LogP contribution in [0.5, 0.6) is 0 Å². The lowest BCUT2D eigenvalue weighted by molar-refractivity contribution is 0.0738. The van der Waals surface area contributed by atoms with E-state index in [1.807, 2.05) is 31.2 Å². The Morgan fingerprint density at radius 1 is 1.23 bits per heavy atom. The van der Waals surface area contributed by atoms with Crippen LogP contribution in [0.2, 0.25) is 0 Å². The monoisotopic (exact) mass is 297 g/mol. The second kappa shape index (κ2) is 5.85. The number of hydrogen-bond donors (Lipinski definition) is 0. The number of carbonyl (C=O) groups excluding carboxylic acids is 1. The van der Waals surface area contributed by atoms with Gasteiger partial charge in [-0.15, -0.1) is 0 Å². The van der Waals surface area contributed by atoms with Crippen molar-refractivity contribution in [3.63, 3.8) is 0 Å². The number of nitrogens with zero attached hydrogens (tertiary/aromatic N) is 3. The Bertz CT molecular complexity index is 778. The summed E-state index contributed by atoms with van der Waals surface area (Å²) in [7, 11) is 1.66. The molecule has 0 aliphatic heterocycles. The van der Waals surface area contributed by atoms with E-state index in [0.717, 1.165) is 11.1 Å². The zero-order chi connectivity index (χ0) is 15.5. The predicted molar refractivity (Wildman–Crippen MR) is 79.0 cm³/mol. The third kappa shape index (κ3) is 2.76. The summed E-state index contributed by atoms with van der Waals surface area (Å²) in [6.45, 7) is 2.20. The molecule has 6 heteroatoms. The largest absolute Gasteiger partial charge is 0.459 e. The molecule has 0 N–H and O–H groups in total. The molecule has 0 bridgehead atoms. The number of amides is 1. The standard InChI is InChI=1S/C16H15N3O3/c1-11-6-3-4-7-12(11)15-17-14(22-18-15)10-19(2)16(20)13-8-5-9-21-13/h3-9H,10H2,1-2H3. The summed E-state index contributed by atoms with van der Waals surface area (Å²) < 4.78 is 10.3. The third-order valence-corrected chi connectivity index (χ3v) is 3.31. The molecule has 2 aromatic heterocycles. The van der Waals surface area contributed by atoms with Gasteiger partial charge in [0, 0.05) is 12.6 Å². The molecule has 0 aliphatic carbocycles. The molecule has 3 rings (SSSR count). The molecule has 3 aromatic rings. The summed E-state index contributed by atoms with van der Waals surface area (Å²) in [5, 5.41) is 3.97. The minimum atomic E-state index is -0.236. The van der Waals surface area contributed by atoms with Crippen molar-refractivity contribution >= 4 is 5.91 Å². The number of benzene rings is 1. The molecule has 1 amide bonds. The maximum atomic E-state index is 12.1. The lowest BCUT2D eigenvalue weighted by atomic mass is 10.1. The summed E-state index contributed by atoms with van der Waals surface area (Å²) in [4.78, 5) is 17.9. The van der Waals surface area contributed by atoms with Gasteiger partial charge in [-0.1, -0.05) is 29.4 Å². The van der Waals surface area contributed by atoms with Gasteiger partial charge in [0.25, 0.3) is 5.91 Å². The zero-order valence-corrected chi connectivity index (χ0v) is 12.3. The number of hydrogen-bond acceptors (Lipinski definition) is 5. The molecule has 1 aromatic carbocycles. The fraction of sp³-hybridized carbons (Fsp3) is 0.188. The summed E-state index contributed by atoms with van der Waals surface area (Å²) >= 11 is 0. The molecular formula is C16H15N3O3.